The minimum atomic E-state index is -3.37. The van der Waals surface area contributed by atoms with E-state index in [9.17, 15) is 13.2 Å². The van der Waals surface area contributed by atoms with Gasteiger partial charge in [-0.1, -0.05) is 55.5 Å². The Bertz CT molecular complexity index is 1290. The predicted molar refractivity (Wildman–Crippen MR) is 137 cm³/mol. The number of hydrogen-bond acceptors (Lipinski definition) is 4. The van der Waals surface area contributed by atoms with Crippen molar-refractivity contribution in [3.63, 3.8) is 0 Å². The molecule has 3 aromatic carbocycles. The molecule has 0 aliphatic carbocycles. The van der Waals surface area contributed by atoms with Crippen molar-refractivity contribution in [1.82, 2.24) is 4.90 Å². The van der Waals surface area contributed by atoms with Gasteiger partial charge in [0.1, 0.15) is 5.84 Å². The van der Waals surface area contributed by atoms with Gasteiger partial charge in [-0.15, -0.1) is 0 Å². The van der Waals surface area contributed by atoms with Crippen LogP contribution in [-0.4, -0.2) is 37.5 Å². The van der Waals surface area contributed by atoms with Crippen LogP contribution in [0, 0.1) is 5.41 Å². The van der Waals surface area contributed by atoms with Crippen LogP contribution in [0.5, 0.6) is 0 Å². The summed E-state index contributed by atoms with van der Waals surface area (Å²) in [4.78, 5) is 15.2. The van der Waals surface area contributed by atoms with Gasteiger partial charge in [-0.25, -0.2) is 13.2 Å². The van der Waals surface area contributed by atoms with Crippen molar-refractivity contribution in [2.45, 2.75) is 37.8 Å². The fourth-order valence-electron chi connectivity index (χ4n) is 3.64. The topological polar surface area (TPSA) is 116 Å². The lowest BCUT2D eigenvalue weighted by Gasteiger charge is -2.29. The number of hydrogen-bond donors (Lipinski definition) is 3. The van der Waals surface area contributed by atoms with Gasteiger partial charge in [0, 0.05) is 35.7 Å². The molecule has 34 heavy (non-hydrogen) atoms. The van der Waals surface area contributed by atoms with Crippen molar-refractivity contribution in [3.05, 3.63) is 83.9 Å². The fraction of sp³-hybridized carbons (Fsp3) is 0.231. The van der Waals surface area contributed by atoms with Crippen LogP contribution in [0.4, 0.5) is 10.5 Å². The van der Waals surface area contributed by atoms with E-state index in [1.165, 1.54) is 6.26 Å². The lowest BCUT2D eigenvalue weighted by atomic mass is 10.1. The number of nitrogens with two attached hydrogens (primary N) is 1. The molecule has 0 aliphatic heterocycles. The van der Waals surface area contributed by atoms with Gasteiger partial charge in [-0.05, 0) is 48.7 Å². The third kappa shape index (κ3) is 6.02. The van der Waals surface area contributed by atoms with Crippen LogP contribution in [-0.2, 0) is 16.4 Å². The molecule has 7 nitrogen and oxygen atoms in total. The second kappa shape index (κ2) is 10.5. The second-order valence-electron chi connectivity index (χ2n) is 8.28. The molecule has 1 unspecified atom stereocenters. The van der Waals surface area contributed by atoms with Crippen LogP contribution in [0.2, 0.25) is 0 Å². The number of urea groups is 1. The number of nitrogen functional groups attached to an aromatic ring is 1. The summed E-state index contributed by atoms with van der Waals surface area (Å²) < 4.78 is 24.3. The minimum absolute atomic E-state index is 0.0121. The van der Waals surface area contributed by atoms with Gasteiger partial charge in [0.05, 0.1) is 4.90 Å². The second-order valence-corrected chi connectivity index (χ2v) is 10.3. The van der Waals surface area contributed by atoms with E-state index >= 15 is 0 Å². The molecule has 8 heteroatoms. The van der Waals surface area contributed by atoms with Crippen molar-refractivity contribution >= 4 is 27.4 Å². The van der Waals surface area contributed by atoms with Gasteiger partial charge in [0.15, 0.2) is 9.84 Å². The molecule has 0 aromatic heterocycles. The van der Waals surface area contributed by atoms with Gasteiger partial charge in [0.2, 0.25) is 0 Å². The number of amides is 2. The largest absolute Gasteiger partial charge is 0.384 e. The Labute approximate surface area is 201 Å². The molecule has 3 aromatic rings. The maximum atomic E-state index is 13.1. The molecular formula is C26H30N4O3S. The van der Waals surface area contributed by atoms with Crippen LogP contribution in [0.15, 0.2) is 77.7 Å². The van der Waals surface area contributed by atoms with Gasteiger partial charge in [0.25, 0.3) is 0 Å². The molecule has 3 rings (SSSR count). The van der Waals surface area contributed by atoms with Crippen LogP contribution >= 0.6 is 0 Å². The molecule has 0 aliphatic rings. The number of benzene rings is 3. The molecule has 2 amide bonds. The zero-order valence-corrected chi connectivity index (χ0v) is 20.4. The van der Waals surface area contributed by atoms with Crippen LogP contribution in [0.3, 0.4) is 0 Å². The van der Waals surface area contributed by atoms with E-state index in [2.05, 4.69) is 5.32 Å². The lowest BCUT2D eigenvalue weighted by Crippen LogP contribution is -2.40. The highest BCUT2D eigenvalue weighted by Gasteiger charge is 2.20. The van der Waals surface area contributed by atoms with E-state index in [1.54, 1.807) is 59.5 Å². The van der Waals surface area contributed by atoms with Gasteiger partial charge in [-0.3, -0.25) is 5.41 Å². The maximum Gasteiger partial charge on any atom is 0.322 e. The molecule has 4 N–H and O–H groups in total. The highest BCUT2D eigenvalue weighted by Crippen LogP contribution is 2.28. The molecular weight excluding hydrogens is 448 g/mol. The summed E-state index contributed by atoms with van der Waals surface area (Å²) in [6.07, 6.45) is 1.97. The third-order valence-corrected chi connectivity index (χ3v) is 6.86. The van der Waals surface area contributed by atoms with E-state index in [1.807, 2.05) is 32.0 Å². The summed E-state index contributed by atoms with van der Waals surface area (Å²) in [5, 5.41) is 10.6. The van der Waals surface area contributed by atoms with Gasteiger partial charge < -0.3 is 16.0 Å². The smallest absolute Gasteiger partial charge is 0.322 e. The van der Waals surface area contributed by atoms with Crippen molar-refractivity contribution in [3.8, 4) is 11.1 Å². The highest BCUT2D eigenvalue weighted by atomic mass is 32.2. The number of carbonyl (C=O) groups excluding carboxylic acids is 1. The quantitative estimate of drug-likeness (QED) is 0.316. The molecule has 0 spiro atoms. The standard InChI is InChI=1S/C26H30N4O3S/c1-4-18(2)30(17-19-8-7-9-21(16-19)25(27)28)26(31)29-22-14-12-20(13-15-22)23-10-5-6-11-24(23)34(3,32)33/h5-16,18H,4,17H2,1-3H3,(H3,27,28)(H,29,31). The third-order valence-electron chi connectivity index (χ3n) is 5.71. The lowest BCUT2D eigenvalue weighted by molar-refractivity contribution is 0.187. The van der Waals surface area contributed by atoms with Crippen LogP contribution in [0.25, 0.3) is 11.1 Å². The van der Waals surface area contributed by atoms with Gasteiger partial charge in [-0.2, -0.15) is 0 Å². The molecule has 0 fully saturated rings. The predicted octanol–water partition coefficient (Wildman–Crippen LogP) is 4.87. The number of carbonyl (C=O) groups is 1. The molecule has 178 valence electrons. The summed E-state index contributed by atoms with van der Waals surface area (Å²) in [5.41, 5.74) is 9.08. The van der Waals surface area contributed by atoms with E-state index < -0.39 is 9.84 Å². The highest BCUT2D eigenvalue weighted by molar-refractivity contribution is 7.90. The average Bonchev–Trinajstić information content (AvgIpc) is 2.82. The fourth-order valence-corrected chi connectivity index (χ4v) is 4.55. The Morgan fingerprint density at radius 2 is 1.74 bits per heavy atom. The normalized spacial score (nSPS) is 12.1. The van der Waals surface area contributed by atoms with Crippen LogP contribution < -0.4 is 11.1 Å². The number of anilines is 1. The SMILES string of the molecule is CCC(C)N(Cc1cccc(C(=N)N)c1)C(=O)Nc1ccc(-c2ccccc2S(C)(=O)=O)cc1. The number of amidine groups is 1. The zero-order chi connectivity index (χ0) is 24.9. The summed E-state index contributed by atoms with van der Waals surface area (Å²) >= 11 is 0. The Morgan fingerprint density at radius 3 is 2.35 bits per heavy atom. The van der Waals surface area contributed by atoms with Crippen molar-refractivity contribution in [2.75, 3.05) is 11.6 Å². The summed E-state index contributed by atoms with van der Waals surface area (Å²) in [5.74, 6) is -0.0149. The number of nitrogens with one attached hydrogen (secondary N) is 2. The van der Waals surface area contributed by atoms with Crippen molar-refractivity contribution in [2.24, 2.45) is 5.73 Å². The zero-order valence-electron chi connectivity index (χ0n) is 19.6. The van der Waals surface area contributed by atoms with E-state index in [4.69, 9.17) is 11.1 Å². The first-order valence-electron chi connectivity index (χ1n) is 11.0. The Balaban J connectivity index is 1.80. The molecule has 0 saturated heterocycles. The van der Waals surface area contributed by atoms with E-state index in [0.29, 0.717) is 23.4 Å². The van der Waals surface area contributed by atoms with Crippen molar-refractivity contribution < 1.29 is 13.2 Å². The number of rotatable bonds is 8. The maximum absolute atomic E-state index is 13.1. The Kier molecular flexibility index (Phi) is 7.73. The summed E-state index contributed by atoms with van der Waals surface area (Å²) in [7, 11) is -3.37. The molecule has 1 atom stereocenters. The molecule has 0 heterocycles. The van der Waals surface area contributed by atoms with Crippen LogP contribution in [0.1, 0.15) is 31.4 Å². The van der Waals surface area contributed by atoms with Gasteiger partial charge >= 0.3 is 6.03 Å². The molecule has 0 radical (unpaired) electrons. The van der Waals surface area contributed by atoms with E-state index in [-0.39, 0.29) is 22.8 Å². The minimum Gasteiger partial charge on any atom is -0.384 e. The first-order chi connectivity index (χ1) is 16.1. The molecule has 0 saturated carbocycles. The summed E-state index contributed by atoms with van der Waals surface area (Å²) in [6, 6.07) is 21.0. The van der Waals surface area contributed by atoms with E-state index in [0.717, 1.165) is 17.5 Å². The Morgan fingerprint density at radius 1 is 1.06 bits per heavy atom. The Hall–Kier alpha value is -3.65. The monoisotopic (exact) mass is 478 g/mol. The molecule has 0 bridgehead atoms. The average molecular weight is 479 g/mol. The number of nitrogens with zero attached hydrogens (tertiary/aromatic N) is 1. The van der Waals surface area contributed by atoms with Crippen molar-refractivity contribution in [1.29, 1.82) is 5.41 Å². The number of sulfone groups is 1. The first kappa shape index (κ1) is 25.0. The first-order valence-corrected chi connectivity index (χ1v) is 12.9. The summed E-state index contributed by atoms with van der Waals surface area (Å²) in [6.45, 7) is 4.38.